The van der Waals surface area contributed by atoms with Gasteiger partial charge in [-0.3, -0.25) is 4.90 Å². The average molecular weight is 528 g/mol. The Kier molecular flexibility index (Phi) is 28.6. The van der Waals surface area contributed by atoms with Crippen LogP contribution in [-0.4, -0.2) is 77.4 Å². The van der Waals surface area contributed by atoms with Crippen LogP contribution in [0, 0.1) is 0 Å². The highest BCUT2D eigenvalue weighted by Crippen LogP contribution is 2.15. The van der Waals surface area contributed by atoms with Gasteiger partial charge >= 0.3 is 0 Å². The van der Waals surface area contributed by atoms with Gasteiger partial charge in [-0.1, -0.05) is 129 Å². The van der Waals surface area contributed by atoms with E-state index in [4.69, 9.17) is 18.9 Å². The Hall–Kier alpha value is -0.200. The van der Waals surface area contributed by atoms with E-state index in [-0.39, 0.29) is 0 Å². The molecular weight excluding hydrogens is 462 g/mol. The molecule has 0 N–H and O–H groups in total. The predicted octanol–water partition coefficient (Wildman–Crippen LogP) is 8.19. The molecule has 0 spiro atoms. The van der Waals surface area contributed by atoms with E-state index in [9.17, 15) is 0 Å². The van der Waals surface area contributed by atoms with Gasteiger partial charge in [0.05, 0.1) is 52.9 Å². The zero-order valence-electron chi connectivity index (χ0n) is 25.0. The van der Waals surface area contributed by atoms with Crippen molar-refractivity contribution in [1.29, 1.82) is 0 Å². The van der Waals surface area contributed by atoms with Crippen molar-refractivity contribution >= 4 is 0 Å². The summed E-state index contributed by atoms with van der Waals surface area (Å²) in [6, 6.07) is 0. The summed E-state index contributed by atoms with van der Waals surface area (Å²) in [6.07, 6.45) is 28.6. The van der Waals surface area contributed by atoms with Crippen LogP contribution in [0.1, 0.15) is 135 Å². The normalized spacial score (nSPS) is 17.4. The van der Waals surface area contributed by atoms with E-state index in [1.165, 1.54) is 128 Å². The number of hydrogen-bond donors (Lipinski definition) is 0. The van der Waals surface area contributed by atoms with E-state index in [0.29, 0.717) is 39.6 Å². The van der Waals surface area contributed by atoms with E-state index in [0.717, 1.165) is 32.8 Å². The molecule has 0 amide bonds. The van der Waals surface area contributed by atoms with E-state index in [1.54, 1.807) is 0 Å². The lowest BCUT2D eigenvalue weighted by Crippen LogP contribution is -2.32. The minimum atomic E-state index is 0.634. The Morgan fingerprint density at radius 2 is 0.622 bits per heavy atom. The molecule has 0 aliphatic carbocycles. The van der Waals surface area contributed by atoms with Gasteiger partial charge in [-0.15, -0.1) is 0 Å². The monoisotopic (exact) mass is 527 g/mol. The van der Waals surface area contributed by atoms with Crippen molar-refractivity contribution in [3.05, 3.63) is 0 Å². The van der Waals surface area contributed by atoms with Crippen LogP contribution >= 0.6 is 0 Å². The fourth-order valence-electron chi connectivity index (χ4n) is 5.08. The van der Waals surface area contributed by atoms with Crippen LogP contribution in [0.25, 0.3) is 0 Å². The van der Waals surface area contributed by atoms with Gasteiger partial charge in [-0.25, -0.2) is 0 Å². The molecule has 0 atom stereocenters. The smallest absolute Gasteiger partial charge is 0.0701 e. The van der Waals surface area contributed by atoms with Crippen LogP contribution in [0.3, 0.4) is 0 Å². The maximum atomic E-state index is 5.74. The average Bonchev–Trinajstić information content (AvgIpc) is 2.92. The van der Waals surface area contributed by atoms with Crippen LogP contribution in [0.5, 0.6) is 0 Å². The quantitative estimate of drug-likeness (QED) is 0.141. The number of unbranched alkanes of at least 4 members (excludes halogenated alkanes) is 19. The lowest BCUT2D eigenvalue weighted by molar-refractivity contribution is 0.00206. The third kappa shape index (κ3) is 27.2. The zero-order chi connectivity index (χ0) is 26.3. The highest BCUT2D eigenvalue weighted by atomic mass is 16.6. The molecule has 5 heteroatoms. The highest BCUT2D eigenvalue weighted by molar-refractivity contribution is 4.59. The van der Waals surface area contributed by atoms with Gasteiger partial charge in [0, 0.05) is 13.1 Å². The molecular formula is C32H65NO4. The van der Waals surface area contributed by atoms with E-state index in [1.807, 2.05) is 0 Å². The van der Waals surface area contributed by atoms with Crippen molar-refractivity contribution in [3.63, 3.8) is 0 Å². The van der Waals surface area contributed by atoms with Crippen molar-refractivity contribution in [3.8, 4) is 0 Å². The maximum absolute atomic E-state index is 5.74. The third-order valence-corrected chi connectivity index (χ3v) is 7.55. The summed E-state index contributed by atoms with van der Waals surface area (Å²) < 4.78 is 22.5. The van der Waals surface area contributed by atoms with Gasteiger partial charge in [0.1, 0.15) is 0 Å². The first-order chi connectivity index (χ1) is 18.4. The summed E-state index contributed by atoms with van der Waals surface area (Å²) in [4.78, 5) is 2.50. The Labute approximate surface area is 231 Å². The molecule has 1 aliphatic heterocycles. The summed E-state index contributed by atoms with van der Waals surface area (Å²) in [6.45, 7) is 10.9. The van der Waals surface area contributed by atoms with Crippen LogP contribution in [0.4, 0.5) is 0 Å². The van der Waals surface area contributed by atoms with Crippen LogP contribution in [-0.2, 0) is 18.9 Å². The van der Waals surface area contributed by atoms with Crippen molar-refractivity contribution in [2.45, 2.75) is 135 Å². The molecule has 1 rings (SSSR count). The minimum absolute atomic E-state index is 0.634. The standard InChI is InChI=1S/C32H65NO4/c1-2-3-4-5-6-7-8-9-10-11-12-13-14-15-16-17-18-19-20-21-22-33-23-25-34-27-29-36-31-32-37-30-28-35-26-24-33/h2-32H2,1H3. The summed E-state index contributed by atoms with van der Waals surface area (Å²) in [5.41, 5.74) is 0. The first-order valence-electron chi connectivity index (χ1n) is 16.5. The Balaban J connectivity index is 1.84. The van der Waals surface area contributed by atoms with Crippen molar-refractivity contribution in [2.75, 3.05) is 72.5 Å². The highest BCUT2D eigenvalue weighted by Gasteiger charge is 2.06. The summed E-state index contributed by atoms with van der Waals surface area (Å²) in [7, 11) is 0. The van der Waals surface area contributed by atoms with Crippen molar-refractivity contribution < 1.29 is 18.9 Å². The van der Waals surface area contributed by atoms with Gasteiger partial charge in [0.25, 0.3) is 0 Å². The lowest BCUT2D eigenvalue weighted by Gasteiger charge is -2.22. The second-order valence-corrected chi connectivity index (χ2v) is 11.0. The number of hydrogen-bond acceptors (Lipinski definition) is 5. The molecule has 1 saturated heterocycles. The molecule has 0 bridgehead atoms. The molecule has 0 unspecified atom stereocenters. The molecule has 37 heavy (non-hydrogen) atoms. The van der Waals surface area contributed by atoms with Gasteiger partial charge in [-0.05, 0) is 13.0 Å². The molecule has 222 valence electrons. The molecule has 0 radical (unpaired) electrons. The molecule has 5 nitrogen and oxygen atoms in total. The number of rotatable bonds is 21. The second-order valence-electron chi connectivity index (χ2n) is 11.0. The zero-order valence-corrected chi connectivity index (χ0v) is 25.0. The van der Waals surface area contributed by atoms with Gasteiger partial charge in [0.2, 0.25) is 0 Å². The second kappa shape index (κ2) is 30.3. The van der Waals surface area contributed by atoms with Crippen LogP contribution < -0.4 is 0 Å². The van der Waals surface area contributed by atoms with Gasteiger partial charge in [0.15, 0.2) is 0 Å². The SMILES string of the molecule is CCCCCCCCCCCCCCCCCCCCCCN1CCOCCOCCOCCOCC1. The Morgan fingerprint density at radius 1 is 0.351 bits per heavy atom. The predicted molar refractivity (Wildman–Crippen MR) is 158 cm³/mol. The topological polar surface area (TPSA) is 40.2 Å². The van der Waals surface area contributed by atoms with Gasteiger partial charge < -0.3 is 18.9 Å². The number of ether oxygens (including phenoxy) is 4. The molecule has 1 aliphatic rings. The van der Waals surface area contributed by atoms with E-state index < -0.39 is 0 Å². The van der Waals surface area contributed by atoms with Crippen molar-refractivity contribution in [1.82, 2.24) is 4.90 Å². The summed E-state index contributed by atoms with van der Waals surface area (Å²) in [5.74, 6) is 0. The lowest BCUT2D eigenvalue weighted by atomic mass is 10.0. The summed E-state index contributed by atoms with van der Waals surface area (Å²) >= 11 is 0. The number of nitrogens with zero attached hydrogens (tertiary/aromatic N) is 1. The maximum Gasteiger partial charge on any atom is 0.0701 e. The largest absolute Gasteiger partial charge is 0.378 e. The molecule has 1 fully saturated rings. The molecule has 1 heterocycles. The minimum Gasteiger partial charge on any atom is -0.378 e. The van der Waals surface area contributed by atoms with E-state index in [2.05, 4.69) is 11.8 Å². The summed E-state index contributed by atoms with van der Waals surface area (Å²) in [5, 5.41) is 0. The first-order valence-corrected chi connectivity index (χ1v) is 16.5. The van der Waals surface area contributed by atoms with Crippen LogP contribution in [0.15, 0.2) is 0 Å². The van der Waals surface area contributed by atoms with Gasteiger partial charge in [-0.2, -0.15) is 0 Å². The van der Waals surface area contributed by atoms with E-state index >= 15 is 0 Å². The molecule has 0 saturated carbocycles. The molecule has 0 aromatic rings. The van der Waals surface area contributed by atoms with Crippen LogP contribution in [0.2, 0.25) is 0 Å². The molecule has 0 aromatic heterocycles. The Bertz CT molecular complexity index is 408. The first kappa shape index (κ1) is 34.8. The fourth-order valence-corrected chi connectivity index (χ4v) is 5.08. The fraction of sp³-hybridized carbons (Fsp3) is 1.00. The van der Waals surface area contributed by atoms with Crippen molar-refractivity contribution in [2.24, 2.45) is 0 Å². The third-order valence-electron chi connectivity index (χ3n) is 7.55. The Morgan fingerprint density at radius 3 is 0.946 bits per heavy atom. The molecule has 0 aromatic carbocycles.